The summed E-state index contributed by atoms with van der Waals surface area (Å²) in [6.07, 6.45) is 5.36. The monoisotopic (exact) mass is 507 g/mol. The SMILES string of the molecule is C#CCOc1c(Br)cc(C2C3=C(N=C(C)C2C(=O)OC)c2ccccc2C3=O)cc1OCC. The largest absolute Gasteiger partial charge is 0.490 e. The Morgan fingerprint density at radius 3 is 2.61 bits per heavy atom. The van der Waals surface area contributed by atoms with Crippen molar-refractivity contribution in [2.24, 2.45) is 10.9 Å². The molecule has 0 saturated heterocycles. The summed E-state index contributed by atoms with van der Waals surface area (Å²) in [7, 11) is 1.33. The number of carbonyl (C=O) groups is 2. The molecule has 0 bridgehead atoms. The number of esters is 1. The van der Waals surface area contributed by atoms with E-state index in [0.717, 1.165) is 5.56 Å². The number of methoxy groups -OCH3 is 1. The van der Waals surface area contributed by atoms with E-state index in [0.29, 0.717) is 50.7 Å². The third-order valence-corrected chi connectivity index (χ3v) is 6.34. The number of hydrogen-bond donors (Lipinski definition) is 0. The number of terminal acetylenes is 1. The number of fused-ring (bicyclic) bond motifs is 2. The first-order valence-corrected chi connectivity index (χ1v) is 11.3. The summed E-state index contributed by atoms with van der Waals surface area (Å²) in [5, 5.41) is 0. The Kier molecular flexibility index (Phi) is 6.39. The molecule has 1 heterocycles. The van der Waals surface area contributed by atoms with E-state index in [1.165, 1.54) is 7.11 Å². The highest BCUT2D eigenvalue weighted by Crippen LogP contribution is 2.50. The minimum Gasteiger partial charge on any atom is -0.490 e. The summed E-state index contributed by atoms with van der Waals surface area (Å²) < 4.78 is 17.2. The summed E-state index contributed by atoms with van der Waals surface area (Å²) in [5.74, 6) is 1.40. The standard InChI is InChI=1S/C26H22BrNO5/c1-5-11-33-25-18(27)12-15(13-19(25)32-6-2)21-20(26(30)31-4)14(3)28-23-16-9-7-8-10-17(16)24(29)22(21)23/h1,7-10,12-13,20-21H,6,11H2,2-4H3. The van der Waals surface area contributed by atoms with Gasteiger partial charge >= 0.3 is 5.97 Å². The highest BCUT2D eigenvalue weighted by Gasteiger charge is 2.46. The molecule has 6 nitrogen and oxygen atoms in total. The first kappa shape index (κ1) is 22.8. The predicted octanol–water partition coefficient (Wildman–Crippen LogP) is 4.81. The lowest BCUT2D eigenvalue weighted by molar-refractivity contribution is -0.143. The number of aliphatic imine (C=N–C) groups is 1. The Bertz CT molecular complexity index is 1250. The fraction of sp³-hybridized carbons (Fsp3) is 0.269. The maximum absolute atomic E-state index is 13.5. The van der Waals surface area contributed by atoms with Gasteiger partial charge in [-0.25, -0.2) is 0 Å². The second-order valence-electron chi connectivity index (χ2n) is 7.62. The van der Waals surface area contributed by atoms with Crippen molar-refractivity contribution in [2.75, 3.05) is 20.3 Å². The summed E-state index contributed by atoms with van der Waals surface area (Å²) in [6.45, 7) is 4.11. The van der Waals surface area contributed by atoms with Gasteiger partial charge in [-0.2, -0.15) is 0 Å². The van der Waals surface area contributed by atoms with Gasteiger partial charge in [0.15, 0.2) is 17.3 Å². The summed E-state index contributed by atoms with van der Waals surface area (Å²) in [4.78, 5) is 31.1. The molecule has 2 aliphatic rings. The van der Waals surface area contributed by atoms with Crippen LogP contribution in [0.15, 0.2) is 51.4 Å². The van der Waals surface area contributed by atoms with Crippen LogP contribution in [-0.4, -0.2) is 37.8 Å². The van der Waals surface area contributed by atoms with E-state index in [9.17, 15) is 9.59 Å². The van der Waals surface area contributed by atoms with Crippen molar-refractivity contribution in [3.05, 3.63) is 63.1 Å². The number of carbonyl (C=O) groups excluding carboxylic acids is 2. The number of benzene rings is 2. The number of Topliss-reactive ketones (excluding diaryl/α,β-unsaturated/α-hetero) is 1. The molecule has 33 heavy (non-hydrogen) atoms. The van der Waals surface area contributed by atoms with Crippen molar-refractivity contribution in [3.8, 4) is 23.8 Å². The lowest BCUT2D eigenvalue weighted by Gasteiger charge is -2.30. The second-order valence-corrected chi connectivity index (χ2v) is 8.48. The van der Waals surface area contributed by atoms with Crippen LogP contribution < -0.4 is 9.47 Å². The number of ether oxygens (including phenoxy) is 3. The van der Waals surface area contributed by atoms with Crippen LogP contribution in [0, 0.1) is 18.3 Å². The van der Waals surface area contributed by atoms with Crippen molar-refractivity contribution in [2.45, 2.75) is 19.8 Å². The van der Waals surface area contributed by atoms with Crippen molar-refractivity contribution < 1.29 is 23.8 Å². The fourth-order valence-electron chi connectivity index (χ4n) is 4.43. The van der Waals surface area contributed by atoms with Crippen molar-refractivity contribution in [1.82, 2.24) is 0 Å². The molecule has 4 rings (SSSR count). The van der Waals surface area contributed by atoms with Gasteiger partial charge in [-0.1, -0.05) is 30.2 Å². The maximum atomic E-state index is 13.5. The highest BCUT2D eigenvalue weighted by molar-refractivity contribution is 9.10. The Morgan fingerprint density at radius 2 is 1.94 bits per heavy atom. The highest BCUT2D eigenvalue weighted by atomic mass is 79.9. The van der Waals surface area contributed by atoms with Crippen LogP contribution in [-0.2, 0) is 9.53 Å². The second kappa shape index (κ2) is 9.24. The molecule has 0 aromatic heterocycles. The molecule has 0 amide bonds. The molecule has 168 valence electrons. The van der Waals surface area contributed by atoms with E-state index in [4.69, 9.17) is 20.6 Å². The van der Waals surface area contributed by atoms with Gasteiger partial charge in [0.2, 0.25) is 0 Å². The molecule has 1 aliphatic carbocycles. The molecule has 0 fully saturated rings. The Hall–Kier alpha value is -3.37. The molecule has 0 spiro atoms. The molecule has 7 heteroatoms. The average molecular weight is 508 g/mol. The molecule has 1 aliphatic heterocycles. The smallest absolute Gasteiger partial charge is 0.315 e. The van der Waals surface area contributed by atoms with Gasteiger partial charge in [0.25, 0.3) is 0 Å². The van der Waals surface area contributed by atoms with Gasteiger partial charge in [0.05, 0.1) is 23.9 Å². The topological polar surface area (TPSA) is 74.2 Å². The fourth-order valence-corrected chi connectivity index (χ4v) is 5.00. The van der Waals surface area contributed by atoms with Crippen LogP contribution in [0.5, 0.6) is 11.5 Å². The van der Waals surface area contributed by atoms with Crippen LogP contribution in [0.3, 0.4) is 0 Å². The molecular weight excluding hydrogens is 486 g/mol. The number of rotatable bonds is 6. The zero-order valence-corrected chi connectivity index (χ0v) is 20.1. The number of nitrogens with zero attached hydrogens (tertiary/aromatic N) is 1. The third-order valence-electron chi connectivity index (χ3n) is 5.75. The van der Waals surface area contributed by atoms with E-state index in [1.807, 2.05) is 31.2 Å². The summed E-state index contributed by atoms with van der Waals surface area (Å²) in [6, 6.07) is 11.0. The van der Waals surface area contributed by atoms with Crippen LogP contribution in [0.25, 0.3) is 5.70 Å². The summed E-state index contributed by atoms with van der Waals surface area (Å²) >= 11 is 3.55. The normalized spacial score (nSPS) is 18.8. The van der Waals surface area contributed by atoms with E-state index in [2.05, 4.69) is 26.8 Å². The molecule has 0 N–H and O–H groups in total. The zero-order chi connectivity index (χ0) is 23.7. The number of ketones is 1. The van der Waals surface area contributed by atoms with Gasteiger partial charge in [-0.3, -0.25) is 14.6 Å². The Labute approximate surface area is 200 Å². The first-order chi connectivity index (χ1) is 15.9. The summed E-state index contributed by atoms with van der Waals surface area (Å²) in [5.41, 5.74) is 3.70. The van der Waals surface area contributed by atoms with Crippen LogP contribution in [0.2, 0.25) is 0 Å². The molecule has 0 radical (unpaired) electrons. The van der Waals surface area contributed by atoms with Gasteiger partial charge in [-0.15, -0.1) is 6.42 Å². The average Bonchev–Trinajstić information content (AvgIpc) is 3.09. The molecular formula is C26H22BrNO5. The number of allylic oxidation sites excluding steroid dienone is 1. The minimum atomic E-state index is -0.758. The Balaban J connectivity index is 1.93. The van der Waals surface area contributed by atoms with Crippen LogP contribution >= 0.6 is 15.9 Å². The lowest BCUT2D eigenvalue weighted by atomic mass is 9.75. The molecule has 2 atom stereocenters. The van der Waals surface area contributed by atoms with E-state index in [-0.39, 0.29) is 12.4 Å². The van der Waals surface area contributed by atoms with Crippen LogP contribution in [0.4, 0.5) is 0 Å². The lowest BCUT2D eigenvalue weighted by Crippen LogP contribution is -2.34. The van der Waals surface area contributed by atoms with Gasteiger partial charge in [0.1, 0.15) is 12.5 Å². The van der Waals surface area contributed by atoms with Crippen molar-refractivity contribution >= 4 is 39.1 Å². The number of hydrogen-bond acceptors (Lipinski definition) is 6. The maximum Gasteiger partial charge on any atom is 0.315 e. The van der Waals surface area contributed by atoms with Crippen LogP contribution in [0.1, 0.15) is 41.3 Å². The first-order valence-electron chi connectivity index (χ1n) is 10.5. The van der Waals surface area contributed by atoms with E-state index >= 15 is 0 Å². The van der Waals surface area contributed by atoms with E-state index in [1.54, 1.807) is 19.1 Å². The van der Waals surface area contributed by atoms with E-state index < -0.39 is 17.8 Å². The third kappa shape index (κ3) is 3.85. The zero-order valence-electron chi connectivity index (χ0n) is 18.5. The molecule has 2 aromatic rings. The molecule has 2 aromatic carbocycles. The van der Waals surface area contributed by atoms with Gasteiger partial charge in [0, 0.05) is 28.3 Å². The van der Waals surface area contributed by atoms with Gasteiger partial charge in [-0.05, 0) is 47.5 Å². The molecule has 0 saturated carbocycles. The number of halogens is 1. The quantitative estimate of drug-likeness (QED) is 0.414. The molecule has 2 unspecified atom stereocenters. The Morgan fingerprint density at radius 1 is 1.21 bits per heavy atom. The van der Waals surface area contributed by atoms with Crippen molar-refractivity contribution in [1.29, 1.82) is 0 Å². The predicted molar refractivity (Wildman–Crippen MR) is 129 cm³/mol. The minimum absolute atomic E-state index is 0.0705. The van der Waals surface area contributed by atoms with Crippen molar-refractivity contribution in [3.63, 3.8) is 0 Å². The van der Waals surface area contributed by atoms with Gasteiger partial charge < -0.3 is 14.2 Å².